The van der Waals surface area contributed by atoms with Gasteiger partial charge in [-0.2, -0.15) is 0 Å². The normalized spacial score (nSPS) is 16.3. The summed E-state index contributed by atoms with van der Waals surface area (Å²) in [7, 11) is 0. The second-order valence-corrected chi connectivity index (χ2v) is 6.75. The van der Waals surface area contributed by atoms with Crippen molar-refractivity contribution in [1.82, 2.24) is 20.9 Å². The van der Waals surface area contributed by atoms with Gasteiger partial charge >= 0.3 is 6.03 Å². The maximum atomic E-state index is 11.8. The lowest BCUT2D eigenvalue weighted by atomic mass is 10.1. The Morgan fingerprint density at radius 1 is 1.32 bits per heavy atom. The molecule has 3 amide bonds. The Labute approximate surface area is 135 Å². The zero-order valence-corrected chi connectivity index (χ0v) is 14.0. The lowest BCUT2D eigenvalue weighted by Gasteiger charge is -2.14. The molecule has 0 bridgehead atoms. The summed E-state index contributed by atoms with van der Waals surface area (Å²) in [4.78, 5) is 27.9. The Hall–Kier alpha value is -1.63. The van der Waals surface area contributed by atoms with Crippen LogP contribution in [-0.2, 0) is 4.79 Å². The third kappa shape index (κ3) is 4.98. The summed E-state index contributed by atoms with van der Waals surface area (Å²) < 4.78 is 0. The molecule has 1 atom stereocenters. The Morgan fingerprint density at radius 3 is 2.64 bits per heavy atom. The molecular formula is C15H24N4O2S. The van der Waals surface area contributed by atoms with Crippen molar-refractivity contribution < 1.29 is 9.59 Å². The molecule has 6 nitrogen and oxygen atoms in total. The van der Waals surface area contributed by atoms with Gasteiger partial charge < -0.3 is 16.0 Å². The van der Waals surface area contributed by atoms with Gasteiger partial charge in [-0.25, -0.2) is 9.78 Å². The van der Waals surface area contributed by atoms with Crippen molar-refractivity contribution in [2.24, 2.45) is 5.92 Å². The maximum Gasteiger partial charge on any atom is 0.315 e. The Bertz CT molecular complexity index is 511. The summed E-state index contributed by atoms with van der Waals surface area (Å²) in [5.41, 5.74) is 0.868. The highest BCUT2D eigenvalue weighted by Crippen LogP contribution is 2.24. The van der Waals surface area contributed by atoms with Crippen LogP contribution >= 0.6 is 11.3 Å². The van der Waals surface area contributed by atoms with Crippen molar-refractivity contribution in [1.29, 1.82) is 0 Å². The van der Waals surface area contributed by atoms with Crippen LogP contribution in [0.5, 0.6) is 0 Å². The van der Waals surface area contributed by atoms with Gasteiger partial charge in [-0.3, -0.25) is 4.79 Å². The van der Waals surface area contributed by atoms with Crippen LogP contribution in [-0.4, -0.2) is 30.0 Å². The third-order valence-corrected chi connectivity index (χ3v) is 4.66. The van der Waals surface area contributed by atoms with E-state index in [4.69, 9.17) is 0 Å². The molecule has 1 heterocycles. The number of carbonyl (C=O) groups is 2. The third-order valence-electron chi connectivity index (χ3n) is 3.86. The van der Waals surface area contributed by atoms with Gasteiger partial charge in [0.2, 0.25) is 5.91 Å². The molecule has 0 radical (unpaired) electrons. The van der Waals surface area contributed by atoms with Crippen LogP contribution < -0.4 is 16.0 Å². The predicted octanol–water partition coefficient (Wildman–Crippen LogP) is 2.12. The zero-order valence-electron chi connectivity index (χ0n) is 13.1. The van der Waals surface area contributed by atoms with E-state index in [2.05, 4.69) is 20.9 Å². The highest BCUT2D eigenvalue weighted by molar-refractivity contribution is 7.09. The van der Waals surface area contributed by atoms with E-state index in [1.165, 1.54) is 0 Å². The summed E-state index contributed by atoms with van der Waals surface area (Å²) in [5.74, 6) is 0.285. The highest BCUT2D eigenvalue weighted by Gasteiger charge is 2.21. The first-order valence-electron chi connectivity index (χ1n) is 7.80. The second-order valence-electron chi connectivity index (χ2n) is 5.69. The van der Waals surface area contributed by atoms with E-state index in [-0.39, 0.29) is 23.9 Å². The Kier molecular flexibility index (Phi) is 6.18. The minimum atomic E-state index is -0.242. The van der Waals surface area contributed by atoms with E-state index >= 15 is 0 Å². The van der Waals surface area contributed by atoms with Gasteiger partial charge in [-0.1, -0.05) is 12.8 Å². The number of amides is 3. The van der Waals surface area contributed by atoms with Crippen molar-refractivity contribution in [2.45, 2.75) is 45.6 Å². The quantitative estimate of drug-likeness (QED) is 0.701. The maximum absolute atomic E-state index is 11.8. The van der Waals surface area contributed by atoms with E-state index in [1.807, 2.05) is 19.2 Å². The minimum Gasteiger partial charge on any atom is -0.354 e. The van der Waals surface area contributed by atoms with Gasteiger partial charge in [0, 0.05) is 24.4 Å². The fourth-order valence-electron chi connectivity index (χ4n) is 2.59. The first-order valence-corrected chi connectivity index (χ1v) is 8.68. The fraction of sp³-hybridized carbons (Fsp3) is 0.667. The number of rotatable bonds is 6. The summed E-state index contributed by atoms with van der Waals surface area (Å²) in [5, 5.41) is 11.4. The number of hydrogen-bond acceptors (Lipinski definition) is 4. The van der Waals surface area contributed by atoms with E-state index in [9.17, 15) is 9.59 Å². The molecular weight excluding hydrogens is 300 g/mol. The van der Waals surface area contributed by atoms with Crippen LogP contribution in [0.1, 0.15) is 49.4 Å². The molecule has 1 aliphatic rings. The van der Waals surface area contributed by atoms with Gasteiger partial charge in [0.1, 0.15) is 0 Å². The minimum absolute atomic E-state index is 0.117. The van der Waals surface area contributed by atoms with Crippen LogP contribution in [0.15, 0.2) is 5.38 Å². The topological polar surface area (TPSA) is 83.1 Å². The number of aromatic nitrogens is 1. The SMILES string of the molecule is Cc1nc([C@@H](C)NC(=O)NCCNC(=O)C2CCCC2)cs1. The smallest absolute Gasteiger partial charge is 0.315 e. The van der Waals surface area contributed by atoms with Gasteiger partial charge in [-0.05, 0) is 26.7 Å². The van der Waals surface area contributed by atoms with Crippen LogP contribution in [0.2, 0.25) is 0 Å². The van der Waals surface area contributed by atoms with Crippen LogP contribution in [0.4, 0.5) is 4.79 Å². The van der Waals surface area contributed by atoms with Crippen LogP contribution in [0, 0.1) is 12.8 Å². The first-order chi connectivity index (χ1) is 10.6. The highest BCUT2D eigenvalue weighted by atomic mass is 32.1. The van der Waals surface area contributed by atoms with Crippen LogP contribution in [0.3, 0.4) is 0 Å². The van der Waals surface area contributed by atoms with Crippen molar-refractivity contribution in [3.8, 4) is 0 Å². The standard InChI is InChI=1S/C15H24N4O2S/c1-10(13-9-22-11(2)19-13)18-15(21)17-8-7-16-14(20)12-5-3-4-6-12/h9-10,12H,3-8H2,1-2H3,(H,16,20)(H2,17,18,21)/t10-/m1/s1. The van der Waals surface area contributed by atoms with E-state index in [0.29, 0.717) is 13.1 Å². The summed E-state index contributed by atoms with van der Waals surface area (Å²) in [6, 6.07) is -0.369. The molecule has 0 spiro atoms. The Morgan fingerprint density at radius 2 is 2.00 bits per heavy atom. The number of carbonyl (C=O) groups excluding carboxylic acids is 2. The molecule has 0 aliphatic heterocycles. The van der Waals surface area contributed by atoms with Gasteiger partial charge in [0.15, 0.2) is 0 Å². The van der Waals surface area contributed by atoms with Crippen LogP contribution in [0.25, 0.3) is 0 Å². The monoisotopic (exact) mass is 324 g/mol. The molecule has 7 heteroatoms. The molecule has 0 unspecified atom stereocenters. The molecule has 1 aliphatic carbocycles. The molecule has 1 fully saturated rings. The number of hydrogen-bond donors (Lipinski definition) is 3. The Balaban J connectivity index is 1.60. The van der Waals surface area contributed by atoms with E-state index in [0.717, 1.165) is 36.4 Å². The number of nitrogens with one attached hydrogen (secondary N) is 3. The second kappa shape index (κ2) is 8.12. The van der Waals surface area contributed by atoms with Crippen molar-refractivity contribution in [3.63, 3.8) is 0 Å². The first kappa shape index (κ1) is 16.7. The average molecular weight is 324 g/mol. The molecule has 3 N–H and O–H groups in total. The van der Waals surface area contributed by atoms with Crippen molar-refractivity contribution in [3.05, 3.63) is 16.1 Å². The average Bonchev–Trinajstić information content (AvgIpc) is 3.14. The van der Waals surface area contributed by atoms with Crippen molar-refractivity contribution >= 4 is 23.3 Å². The predicted molar refractivity (Wildman–Crippen MR) is 86.8 cm³/mol. The number of thiazole rings is 1. The number of urea groups is 1. The molecule has 1 saturated carbocycles. The zero-order chi connectivity index (χ0) is 15.9. The largest absolute Gasteiger partial charge is 0.354 e. The fourth-order valence-corrected chi connectivity index (χ4v) is 3.30. The molecule has 122 valence electrons. The molecule has 1 aromatic rings. The van der Waals surface area contributed by atoms with Gasteiger partial charge in [-0.15, -0.1) is 11.3 Å². The molecule has 2 rings (SSSR count). The van der Waals surface area contributed by atoms with Gasteiger partial charge in [0.25, 0.3) is 0 Å². The summed E-state index contributed by atoms with van der Waals surface area (Å²) in [6.07, 6.45) is 4.27. The van der Waals surface area contributed by atoms with E-state index < -0.39 is 0 Å². The molecule has 0 saturated heterocycles. The molecule has 1 aromatic heterocycles. The van der Waals surface area contributed by atoms with E-state index in [1.54, 1.807) is 11.3 Å². The van der Waals surface area contributed by atoms with Gasteiger partial charge in [0.05, 0.1) is 16.7 Å². The molecule has 22 heavy (non-hydrogen) atoms. The number of nitrogens with zero attached hydrogens (tertiary/aromatic N) is 1. The summed E-state index contributed by atoms with van der Waals surface area (Å²) in [6.45, 7) is 4.73. The summed E-state index contributed by atoms with van der Waals surface area (Å²) >= 11 is 1.57. The number of aryl methyl sites for hydroxylation is 1. The van der Waals surface area contributed by atoms with Crippen molar-refractivity contribution in [2.75, 3.05) is 13.1 Å². The molecule has 0 aromatic carbocycles. The lowest BCUT2D eigenvalue weighted by molar-refractivity contribution is -0.124. The lowest BCUT2D eigenvalue weighted by Crippen LogP contribution is -2.42.